The van der Waals surface area contributed by atoms with E-state index in [1.54, 1.807) is 11.3 Å². The maximum absolute atomic E-state index is 6.09. The van der Waals surface area contributed by atoms with Crippen molar-refractivity contribution in [2.24, 2.45) is 5.73 Å². The standard InChI is InChI=1S/C12H21BrN2OS/c1-4-16-6-5-15(3)12(9(2)14)11-7-10(13)8-17-11/h7-9,12H,4-6,14H2,1-3H3. The van der Waals surface area contributed by atoms with Gasteiger partial charge in [0.1, 0.15) is 0 Å². The molecule has 0 aliphatic rings. The highest BCUT2D eigenvalue weighted by atomic mass is 79.9. The van der Waals surface area contributed by atoms with Crippen LogP contribution in [0.2, 0.25) is 0 Å². The third-order valence-corrected chi connectivity index (χ3v) is 4.41. The van der Waals surface area contributed by atoms with Crippen LogP contribution in [0.1, 0.15) is 24.8 Å². The Hall–Kier alpha value is 0.0600. The lowest BCUT2D eigenvalue weighted by atomic mass is 10.1. The quantitative estimate of drug-likeness (QED) is 0.785. The Morgan fingerprint density at radius 3 is 2.76 bits per heavy atom. The zero-order valence-electron chi connectivity index (χ0n) is 10.6. The number of nitrogens with two attached hydrogens (primary N) is 1. The molecule has 1 aromatic heterocycles. The Bertz CT molecular complexity index is 330. The second-order valence-electron chi connectivity index (χ2n) is 4.15. The Kier molecular flexibility index (Phi) is 6.66. The van der Waals surface area contributed by atoms with Gasteiger partial charge in [0.05, 0.1) is 12.6 Å². The van der Waals surface area contributed by atoms with Gasteiger partial charge in [-0.1, -0.05) is 0 Å². The van der Waals surface area contributed by atoms with E-state index in [4.69, 9.17) is 10.5 Å². The molecule has 0 saturated carbocycles. The molecular weight excluding hydrogens is 300 g/mol. The Morgan fingerprint density at radius 1 is 1.59 bits per heavy atom. The predicted octanol–water partition coefficient (Wildman–Crippen LogP) is 2.87. The molecule has 1 heterocycles. The lowest BCUT2D eigenvalue weighted by Crippen LogP contribution is -2.38. The summed E-state index contributed by atoms with van der Waals surface area (Å²) < 4.78 is 6.51. The lowest BCUT2D eigenvalue weighted by Gasteiger charge is -2.30. The highest BCUT2D eigenvalue weighted by Gasteiger charge is 2.22. The minimum Gasteiger partial charge on any atom is -0.380 e. The van der Waals surface area contributed by atoms with Gasteiger partial charge in [0.2, 0.25) is 0 Å². The number of hydrogen-bond donors (Lipinski definition) is 1. The summed E-state index contributed by atoms with van der Waals surface area (Å²) >= 11 is 5.23. The van der Waals surface area contributed by atoms with Crippen molar-refractivity contribution >= 4 is 27.3 Å². The van der Waals surface area contributed by atoms with Crippen LogP contribution in [0, 0.1) is 0 Å². The molecule has 2 atom stereocenters. The van der Waals surface area contributed by atoms with Gasteiger partial charge in [-0.15, -0.1) is 11.3 Å². The number of likely N-dealkylation sites (N-methyl/N-ethyl adjacent to an activating group) is 1. The van der Waals surface area contributed by atoms with Crippen LogP contribution in [-0.2, 0) is 4.74 Å². The van der Waals surface area contributed by atoms with Crippen LogP contribution in [0.3, 0.4) is 0 Å². The number of rotatable bonds is 7. The van der Waals surface area contributed by atoms with E-state index in [2.05, 4.69) is 46.2 Å². The maximum atomic E-state index is 6.09. The van der Waals surface area contributed by atoms with E-state index in [-0.39, 0.29) is 12.1 Å². The van der Waals surface area contributed by atoms with Crippen molar-refractivity contribution in [1.82, 2.24) is 4.90 Å². The van der Waals surface area contributed by atoms with Crippen molar-refractivity contribution in [3.63, 3.8) is 0 Å². The van der Waals surface area contributed by atoms with E-state index < -0.39 is 0 Å². The molecular formula is C12H21BrN2OS. The molecule has 1 aromatic rings. The first-order valence-electron chi connectivity index (χ1n) is 5.83. The third-order valence-electron chi connectivity index (χ3n) is 2.64. The van der Waals surface area contributed by atoms with E-state index in [0.29, 0.717) is 0 Å². The first-order chi connectivity index (χ1) is 8.06. The molecule has 0 aromatic carbocycles. The van der Waals surface area contributed by atoms with E-state index >= 15 is 0 Å². The van der Waals surface area contributed by atoms with Gasteiger partial charge in [-0.25, -0.2) is 0 Å². The van der Waals surface area contributed by atoms with Gasteiger partial charge in [0.25, 0.3) is 0 Å². The summed E-state index contributed by atoms with van der Waals surface area (Å²) in [5.41, 5.74) is 6.09. The average molecular weight is 321 g/mol. The first-order valence-corrected chi connectivity index (χ1v) is 7.51. The van der Waals surface area contributed by atoms with Gasteiger partial charge >= 0.3 is 0 Å². The summed E-state index contributed by atoms with van der Waals surface area (Å²) in [4.78, 5) is 3.56. The number of halogens is 1. The van der Waals surface area contributed by atoms with Crippen LogP contribution in [0.25, 0.3) is 0 Å². The summed E-state index contributed by atoms with van der Waals surface area (Å²) in [7, 11) is 2.10. The molecule has 0 bridgehead atoms. The second-order valence-corrected chi connectivity index (χ2v) is 6.01. The number of thiophene rings is 1. The topological polar surface area (TPSA) is 38.5 Å². The monoisotopic (exact) mass is 320 g/mol. The molecule has 0 aliphatic heterocycles. The smallest absolute Gasteiger partial charge is 0.0593 e. The van der Waals surface area contributed by atoms with Crippen molar-refractivity contribution in [3.8, 4) is 0 Å². The fraction of sp³-hybridized carbons (Fsp3) is 0.667. The van der Waals surface area contributed by atoms with Crippen LogP contribution in [-0.4, -0.2) is 37.7 Å². The fourth-order valence-electron chi connectivity index (χ4n) is 1.85. The van der Waals surface area contributed by atoms with Gasteiger partial charge in [-0.2, -0.15) is 0 Å². The van der Waals surface area contributed by atoms with E-state index in [9.17, 15) is 0 Å². The number of nitrogens with zero attached hydrogens (tertiary/aromatic N) is 1. The normalized spacial score (nSPS) is 15.2. The maximum Gasteiger partial charge on any atom is 0.0593 e. The number of ether oxygens (including phenoxy) is 1. The second kappa shape index (κ2) is 7.48. The molecule has 0 fully saturated rings. The Morgan fingerprint density at radius 2 is 2.29 bits per heavy atom. The Labute approximate surface area is 116 Å². The zero-order chi connectivity index (χ0) is 12.8. The van der Waals surface area contributed by atoms with Crippen LogP contribution in [0.4, 0.5) is 0 Å². The SMILES string of the molecule is CCOCCN(C)C(c1cc(Br)cs1)C(C)N. The summed E-state index contributed by atoms with van der Waals surface area (Å²) in [6, 6.07) is 2.51. The number of hydrogen-bond acceptors (Lipinski definition) is 4. The molecule has 3 nitrogen and oxygen atoms in total. The van der Waals surface area contributed by atoms with E-state index in [1.807, 2.05) is 6.92 Å². The van der Waals surface area contributed by atoms with E-state index in [0.717, 1.165) is 24.2 Å². The van der Waals surface area contributed by atoms with Crippen LogP contribution >= 0.6 is 27.3 Å². The molecule has 5 heteroatoms. The molecule has 0 radical (unpaired) electrons. The van der Waals surface area contributed by atoms with Crippen LogP contribution < -0.4 is 5.73 Å². The highest BCUT2D eigenvalue weighted by Crippen LogP contribution is 2.30. The molecule has 0 spiro atoms. The molecule has 2 unspecified atom stereocenters. The van der Waals surface area contributed by atoms with Crippen molar-refractivity contribution in [1.29, 1.82) is 0 Å². The van der Waals surface area contributed by atoms with Gasteiger partial charge in [0.15, 0.2) is 0 Å². The fourth-order valence-corrected chi connectivity index (χ4v) is 3.58. The van der Waals surface area contributed by atoms with Gasteiger partial charge in [-0.05, 0) is 42.9 Å². The molecule has 1 rings (SSSR count). The van der Waals surface area contributed by atoms with Crippen molar-refractivity contribution < 1.29 is 4.74 Å². The summed E-state index contributed by atoms with van der Waals surface area (Å²) in [5, 5.41) is 2.10. The van der Waals surface area contributed by atoms with Gasteiger partial charge in [0, 0.05) is 33.9 Å². The van der Waals surface area contributed by atoms with Crippen LogP contribution in [0.15, 0.2) is 15.9 Å². The zero-order valence-corrected chi connectivity index (χ0v) is 13.1. The average Bonchev–Trinajstić information content (AvgIpc) is 2.65. The molecule has 0 aliphatic carbocycles. The lowest BCUT2D eigenvalue weighted by molar-refractivity contribution is 0.103. The third kappa shape index (κ3) is 4.67. The van der Waals surface area contributed by atoms with Crippen molar-refractivity contribution in [2.75, 3.05) is 26.8 Å². The van der Waals surface area contributed by atoms with Crippen LogP contribution in [0.5, 0.6) is 0 Å². The first kappa shape index (κ1) is 15.1. The minimum absolute atomic E-state index is 0.104. The minimum atomic E-state index is 0.104. The molecule has 17 heavy (non-hydrogen) atoms. The molecule has 2 N–H and O–H groups in total. The predicted molar refractivity (Wildman–Crippen MR) is 77.5 cm³/mol. The summed E-state index contributed by atoms with van der Waals surface area (Å²) in [5.74, 6) is 0. The summed E-state index contributed by atoms with van der Waals surface area (Å²) in [6.45, 7) is 6.48. The van der Waals surface area contributed by atoms with Gasteiger partial charge in [-0.3, -0.25) is 4.90 Å². The van der Waals surface area contributed by atoms with Crippen molar-refractivity contribution in [3.05, 3.63) is 20.8 Å². The highest BCUT2D eigenvalue weighted by molar-refractivity contribution is 9.10. The van der Waals surface area contributed by atoms with E-state index in [1.165, 1.54) is 4.88 Å². The Balaban J connectivity index is 2.65. The van der Waals surface area contributed by atoms with Gasteiger partial charge < -0.3 is 10.5 Å². The molecule has 0 saturated heterocycles. The molecule has 98 valence electrons. The molecule has 0 amide bonds. The van der Waals surface area contributed by atoms with Crippen molar-refractivity contribution in [2.45, 2.75) is 25.9 Å². The summed E-state index contributed by atoms with van der Waals surface area (Å²) in [6.07, 6.45) is 0. The largest absolute Gasteiger partial charge is 0.380 e.